The molecule has 0 aromatic carbocycles. The molecule has 2 heterocycles. The van der Waals surface area contributed by atoms with E-state index in [1.54, 1.807) is 6.20 Å². The minimum absolute atomic E-state index is 0.330. The predicted octanol–water partition coefficient (Wildman–Crippen LogP) is 2.72. The molecule has 0 aliphatic carbocycles. The third-order valence-electron chi connectivity index (χ3n) is 2.71. The Morgan fingerprint density at radius 2 is 1.94 bits per heavy atom. The molecular weight excluding hydrogens is 200 g/mol. The first-order chi connectivity index (χ1) is 7.52. The van der Waals surface area contributed by atoms with Crippen molar-refractivity contribution >= 4 is 16.7 Å². The molecule has 0 saturated heterocycles. The topological polar surface area (TPSA) is 56.7 Å². The van der Waals surface area contributed by atoms with Gasteiger partial charge in [-0.15, -0.1) is 0 Å². The lowest BCUT2D eigenvalue weighted by molar-refractivity contribution is 0.539. The molecule has 0 aliphatic rings. The van der Waals surface area contributed by atoms with Crippen LogP contribution in [0.3, 0.4) is 0 Å². The molecule has 0 amide bonds. The lowest BCUT2D eigenvalue weighted by atomic mass is 10.1. The highest BCUT2D eigenvalue weighted by molar-refractivity contribution is 5.91. The fourth-order valence-corrected chi connectivity index (χ4v) is 1.94. The van der Waals surface area contributed by atoms with Crippen LogP contribution in [0.2, 0.25) is 0 Å². The van der Waals surface area contributed by atoms with Crippen molar-refractivity contribution in [1.29, 1.82) is 0 Å². The second kappa shape index (κ2) is 3.77. The summed E-state index contributed by atoms with van der Waals surface area (Å²) in [6, 6.07) is 2.31. The molecule has 0 aliphatic heterocycles. The van der Waals surface area contributed by atoms with Crippen LogP contribution in [-0.4, -0.2) is 14.8 Å². The van der Waals surface area contributed by atoms with Gasteiger partial charge in [0, 0.05) is 12.2 Å². The number of anilines is 1. The molecule has 0 bridgehead atoms. The Balaban J connectivity index is 2.82. The molecule has 86 valence electrons. The number of pyridine rings is 1. The number of rotatable bonds is 2. The summed E-state index contributed by atoms with van der Waals surface area (Å²) in [5, 5.41) is 5.65. The largest absolute Gasteiger partial charge is 0.383 e. The van der Waals surface area contributed by atoms with Crippen molar-refractivity contribution in [3.63, 3.8) is 0 Å². The van der Waals surface area contributed by atoms with Gasteiger partial charge in [0.25, 0.3) is 0 Å². The highest BCUT2D eigenvalue weighted by Crippen LogP contribution is 2.29. The van der Waals surface area contributed by atoms with Gasteiger partial charge in [-0.2, -0.15) is 5.10 Å². The van der Waals surface area contributed by atoms with Crippen LogP contribution in [-0.2, 0) is 0 Å². The van der Waals surface area contributed by atoms with Crippen LogP contribution in [0.4, 0.5) is 5.82 Å². The zero-order valence-corrected chi connectivity index (χ0v) is 10.2. The van der Waals surface area contributed by atoms with E-state index in [1.807, 2.05) is 10.7 Å². The van der Waals surface area contributed by atoms with E-state index < -0.39 is 0 Å². The van der Waals surface area contributed by atoms with Crippen molar-refractivity contribution in [2.75, 3.05) is 5.73 Å². The molecule has 0 radical (unpaired) electrons. The van der Waals surface area contributed by atoms with Crippen molar-refractivity contribution in [3.8, 4) is 0 Å². The molecule has 2 aromatic rings. The van der Waals surface area contributed by atoms with Crippen LogP contribution in [0.15, 0.2) is 12.3 Å². The third kappa shape index (κ3) is 1.54. The molecule has 0 saturated carbocycles. The van der Waals surface area contributed by atoms with Gasteiger partial charge >= 0.3 is 0 Å². The van der Waals surface area contributed by atoms with Gasteiger partial charge in [0.15, 0.2) is 0 Å². The van der Waals surface area contributed by atoms with Gasteiger partial charge in [-0.25, -0.2) is 4.98 Å². The standard InChI is InChI=1S/C12H18N4/c1-7(2)11-10-9(5-6-14-12(10)13)16(15-11)8(3)4/h5-8H,1-4H3,(H2,13,14). The molecule has 0 atom stereocenters. The van der Waals surface area contributed by atoms with Crippen molar-refractivity contribution in [2.24, 2.45) is 0 Å². The average molecular weight is 218 g/mol. The monoisotopic (exact) mass is 218 g/mol. The smallest absolute Gasteiger partial charge is 0.134 e. The minimum Gasteiger partial charge on any atom is -0.383 e. The zero-order valence-electron chi connectivity index (χ0n) is 10.2. The van der Waals surface area contributed by atoms with E-state index in [1.165, 1.54) is 0 Å². The first kappa shape index (κ1) is 10.9. The number of nitrogens with zero attached hydrogens (tertiary/aromatic N) is 3. The highest BCUT2D eigenvalue weighted by Gasteiger charge is 2.17. The third-order valence-corrected chi connectivity index (χ3v) is 2.71. The Morgan fingerprint density at radius 3 is 2.50 bits per heavy atom. The fourth-order valence-electron chi connectivity index (χ4n) is 1.94. The maximum absolute atomic E-state index is 5.94. The first-order valence-corrected chi connectivity index (χ1v) is 5.65. The van der Waals surface area contributed by atoms with E-state index in [4.69, 9.17) is 5.73 Å². The van der Waals surface area contributed by atoms with Crippen LogP contribution in [0.25, 0.3) is 10.9 Å². The Hall–Kier alpha value is -1.58. The van der Waals surface area contributed by atoms with E-state index >= 15 is 0 Å². The molecule has 2 N–H and O–H groups in total. The number of aromatic nitrogens is 3. The van der Waals surface area contributed by atoms with Crippen LogP contribution in [0.5, 0.6) is 0 Å². The lowest BCUT2D eigenvalue weighted by Gasteiger charge is -2.06. The maximum Gasteiger partial charge on any atom is 0.134 e. The van der Waals surface area contributed by atoms with E-state index in [0.29, 0.717) is 17.8 Å². The van der Waals surface area contributed by atoms with Crippen LogP contribution >= 0.6 is 0 Å². The molecule has 4 heteroatoms. The van der Waals surface area contributed by atoms with Crippen LogP contribution in [0, 0.1) is 0 Å². The van der Waals surface area contributed by atoms with Gasteiger partial charge in [0.1, 0.15) is 5.82 Å². The van der Waals surface area contributed by atoms with Gasteiger partial charge in [-0.3, -0.25) is 4.68 Å². The highest BCUT2D eigenvalue weighted by atomic mass is 15.3. The maximum atomic E-state index is 5.94. The normalized spacial score (nSPS) is 11.9. The molecular formula is C12H18N4. The number of nitrogens with two attached hydrogens (primary N) is 1. The predicted molar refractivity (Wildman–Crippen MR) is 66.4 cm³/mol. The summed E-state index contributed by atoms with van der Waals surface area (Å²) in [6.07, 6.45) is 1.74. The summed E-state index contributed by atoms with van der Waals surface area (Å²) in [7, 11) is 0. The molecule has 0 spiro atoms. The van der Waals surface area contributed by atoms with E-state index in [-0.39, 0.29) is 0 Å². The molecule has 16 heavy (non-hydrogen) atoms. The van der Waals surface area contributed by atoms with Gasteiger partial charge in [0.05, 0.1) is 16.6 Å². The summed E-state index contributed by atoms with van der Waals surface area (Å²) in [5.74, 6) is 0.933. The summed E-state index contributed by atoms with van der Waals surface area (Å²) >= 11 is 0. The molecule has 0 unspecified atom stereocenters. The van der Waals surface area contributed by atoms with Gasteiger partial charge in [0.2, 0.25) is 0 Å². The van der Waals surface area contributed by atoms with E-state index in [2.05, 4.69) is 37.8 Å². The molecule has 2 aromatic heterocycles. The quantitative estimate of drug-likeness (QED) is 0.843. The number of hydrogen-bond donors (Lipinski definition) is 1. The second-order valence-corrected chi connectivity index (χ2v) is 4.67. The minimum atomic E-state index is 0.330. The Morgan fingerprint density at radius 1 is 1.25 bits per heavy atom. The van der Waals surface area contributed by atoms with Crippen LogP contribution in [0.1, 0.15) is 45.3 Å². The van der Waals surface area contributed by atoms with E-state index in [0.717, 1.165) is 16.6 Å². The summed E-state index contributed by atoms with van der Waals surface area (Å²) in [4.78, 5) is 4.15. The molecule has 0 fully saturated rings. The second-order valence-electron chi connectivity index (χ2n) is 4.67. The van der Waals surface area contributed by atoms with Crippen molar-refractivity contribution in [3.05, 3.63) is 18.0 Å². The van der Waals surface area contributed by atoms with Crippen molar-refractivity contribution in [1.82, 2.24) is 14.8 Å². The molecule has 2 rings (SSSR count). The Bertz CT molecular complexity index is 511. The SMILES string of the molecule is CC(C)c1nn(C(C)C)c2ccnc(N)c12. The van der Waals surface area contributed by atoms with Crippen molar-refractivity contribution in [2.45, 2.75) is 39.7 Å². The summed E-state index contributed by atoms with van der Waals surface area (Å²) in [5.41, 5.74) is 8.06. The Kier molecular flexibility index (Phi) is 2.58. The fraction of sp³-hybridized carbons (Fsp3) is 0.500. The average Bonchev–Trinajstić information content (AvgIpc) is 2.58. The number of fused-ring (bicyclic) bond motifs is 1. The number of hydrogen-bond acceptors (Lipinski definition) is 3. The summed E-state index contributed by atoms with van der Waals surface area (Å²) in [6.45, 7) is 8.48. The van der Waals surface area contributed by atoms with Gasteiger partial charge < -0.3 is 5.73 Å². The van der Waals surface area contributed by atoms with Gasteiger partial charge in [-0.1, -0.05) is 13.8 Å². The lowest BCUT2D eigenvalue weighted by Crippen LogP contribution is -2.03. The van der Waals surface area contributed by atoms with E-state index in [9.17, 15) is 0 Å². The Labute approximate surface area is 95.5 Å². The molecule has 4 nitrogen and oxygen atoms in total. The summed E-state index contributed by atoms with van der Waals surface area (Å²) < 4.78 is 2.02. The van der Waals surface area contributed by atoms with Crippen molar-refractivity contribution < 1.29 is 0 Å². The van der Waals surface area contributed by atoms with Gasteiger partial charge in [-0.05, 0) is 25.8 Å². The first-order valence-electron chi connectivity index (χ1n) is 5.65. The number of nitrogen functional groups attached to an aromatic ring is 1. The zero-order chi connectivity index (χ0) is 11.9. The van der Waals surface area contributed by atoms with Crippen LogP contribution < -0.4 is 5.73 Å².